The highest BCUT2D eigenvalue weighted by molar-refractivity contribution is 5.77. The Morgan fingerprint density at radius 3 is 2.59 bits per heavy atom. The van der Waals surface area contributed by atoms with Crippen LogP contribution in [-0.4, -0.2) is 37.4 Å². The van der Waals surface area contributed by atoms with Crippen molar-refractivity contribution >= 4 is 5.91 Å². The maximum Gasteiger partial charge on any atom is 0.411 e. The minimum absolute atomic E-state index is 0.115. The third kappa shape index (κ3) is 5.88. The van der Waals surface area contributed by atoms with Crippen molar-refractivity contribution in [2.45, 2.75) is 43.9 Å². The van der Waals surface area contributed by atoms with Crippen molar-refractivity contribution in [2.75, 3.05) is 13.2 Å². The number of carbonyl (C=O) groups excluding carboxylic acids is 1. The maximum absolute atomic E-state index is 11.7. The lowest BCUT2D eigenvalue weighted by atomic mass is 9.91. The summed E-state index contributed by atoms with van der Waals surface area (Å²) in [5.74, 6) is -0.545. The fourth-order valence-electron chi connectivity index (χ4n) is 1.85. The molecule has 0 aliphatic heterocycles. The molecule has 1 rings (SSSR count). The molecule has 1 aliphatic carbocycles. The van der Waals surface area contributed by atoms with Gasteiger partial charge in [0.1, 0.15) is 13.2 Å². The van der Waals surface area contributed by atoms with E-state index in [1.165, 1.54) is 0 Å². The lowest BCUT2D eigenvalue weighted by Gasteiger charge is -2.29. The number of ether oxygens (including phenoxy) is 1. The minimum atomic E-state index is -4.40. The summed E-state index contributed by atoms with van der Waals surface area (Å²) in [4.78, 5) is 11.3. The van der Waals surface area contributed by atoms with E-state index in [1.807, 2.05) is 0 Å². The van der Waals surface area contributed by atoms with Crippen LogP contribution in [0.3, 0.4) is 0 Å². The van der Waals surface area contributed by atoms with E-state index in [0.29, 0.717) is 0 Å². The molecular formula is C10H17F3N2O2. The Hall–Kier alpha value is -0.820. The van der Waals surface area contributed by atoms with Gasteiger partial charge in [-0.05, 0) is 12.8 Å². The number of carbonyl (C=O) groups is 1. The SMILES string of the molecule is N[C@@H]1CCCC[C@H]1NC(=O)COCC(F)(F)F. The molecule has 1 saturated carbocycles. The molecule has 0 aromatic rings. The van der Waals surface area contributed by atoms with Crippen molar-refractivity contribution in [3.63, 3.8) is 0 Å². The number of amides is 1. The van der Waals surface area contributed by atoms with Crippen LogP contribution in [0, 0.1) is 0 Å². The molecule has 0 bridgehead atoms. The zero-order valence-electron chi connectivity index (χ0n) is 9.43. The van der Waals surface area contributed by atoms with Crippen molar-refractivity contribution in [3.8, 4) is 0 Å². The Morgan fingerprint density at radius 2 is 2.00 bits per heavy atom. The van der Waals surface area contributed by atoms with E-state index in [2.05, 4.69) is 10.1 Å². The fourth-order valence-corrected chi connectivity index (χ4v) is 1.85. The van der Waals surface area contributed by atoms with Gasteiger partial charge in [-0.3, -0.25) is 4.79 Å². The van der Waals surface area contributed by atoms with Crippen LogP contribution in [0.5, 0.6) is 0 Å². The summed E-state index contributed by atoms with van der Waals surface area (Å²) < 4.78 is 39.5. The smallest absolute Gasteiger partial charge is 0.362 e. The van der Waals surface area contributed by atoms with Gasteiger partial charge in [0, 0.05) is 12.1 Å². The number of hydrogen-bond acceptors (Lipinski definition) is 3. The average molecular weight is 254 g/mol. The summed E-state index contributed by atoms with van der Waals surface area (Å²) >= 11 is 0. The Labute approximate surface area is 97.7 Å². The lowest BCUT2D eigenvalue weighted by Crippen LogP contribution is -2.50. The highest BCUT2D eigenvalue weighted by atomic mass is 19.4. The summed E-state index contributed by atoms with van der Waals surface area (Å²) in [6.45, 7) is -1.99. The van der Waals surface area contributed by atoms with E-state index in [4.69, 9.17) is 5.73 Å². The monoisotopic (exact) mass is 254 g/mol. The Morgan fingerprint density at radius 1 is 1.35 bits per heavy atom. The Balaban J connectivity index is 2.20. The van der Waals surface area contributed by atoms with Gasteiger partial charge in [-0.2, -0.15) is 13.2 Å². The molecule has 0 radical (unpaired) electrons. The first kappa shape index (κ1) is 14.2. The van der Waals surface area contributed by atoms with Crippen LogP contribution in [0.25, 0.3) is 0 Å². The zero-order valence-corrected chi connectivity index (χ0v) is 9.43. The molecule has 1 aliphatic rings. The molecule has 3 N–H and O–H groups in total. The summed E-state index contributed by atoms with van der Waals surface area (Å²) in [6.07, 6.45) is -0.803. The predicted octanol–water partition coefficient (Wildman–Crippen LogP) is 0.951. The van der Waals surface area contributed by atoms with Crippen LogP contribution < -0.4 is 11.1 Å². The van der Waals surface area contributed by atoms with Crippen molar-refractivity contribution < 1.29 is 22.7 Å². The first-order valence-corrected chi connectivity index (χ1v) is 5.58. The number of nitrogens with two attached hydrogens (primary N) is 1. The minimum Gasteiger partial charge on any atom is -0.362 e. The molecule has 0 spiro atoms. The van der Waals surface area contributed by atoms with Gasteiger partial charge in [0.15, 0.2) is 0 Å². The van der Waals surface area contributed by atoms with Crippen LogP contribution >= 0.6 is 0 Å². The van der Waals surface area contributed by atoms with E-state index in [0.717, 1.165) is 25.7 Å². The van der Waals surface area contributed by atoms with Crippen LogP contribution in [0.15, 0.2) is 0 Å². The standard InChI is InChI=1S/C10H17F3N2O2/c11-10(12,13)6-17-5-9(16)15-8-4-2-1-3-7(8)14/h7-8H,1-6,14H2,(H,15,16)/t7-,8-/m1/s1. The van der Waals surface area contributed by atoms with Crippen molar-refractivity contribution in [1.29, 1.82) is 0 Å². The number of nitrogens with one attached hydrogen (secondary N) is 1. The summed E-state index contributed by atoms with van der Waals surface area (Å²) in [5.41, 5.74) is 5.79. The molecule has 2 atom stereocenters. The fraction of sp³-hybridized carbons (Fsp3) is 0.900. The second kappa shape index (κ2) is 6.20. The molecule has 17 heavy (non-hydrogen) atoms. The first-order chi connectivity index (χ1) is 7.88. The normalized spacial score (nSPS) is 25.6. The first-order valence-electron chi connectivity index (χ1n) is 5.58. The number of halogens is 3. The molecule has 0 heterocycles. The van der Waals surface area contributed by atoms with Crippen LogP contribution in [0.1, 0.15) is 25.7 Å². The molecule has 1 fully saturated rings. The number of rotatable bonds is 4. The van der Waals surface area contributed by atoms with Crippen molar-refractivity contribution in [3.05, 3.63) is 0 Å². The van der Waals surface area contributed by atoms with Gasteiger partial charge >= 0.3 is 6.18 Å². The van der Waals surface area contributed by atoms with Gasteiger partial charge in [-0.1, -0.05) is 12.8 Å². The lowest BCUT2D eigenvalue weighted by molar-refractivity contribution is -0.175. The largest absolute Gasteiger partial charge is 0.411 e. The van der Waals surface area contributed by atoms with Crippen LogP contribution in [0.2, 0.25) is 0 Å². The van der Waals surface area contributed by atoms with E-state index in [-0.39, 0.29) is 12.1 Å². The molecule has 4 nitrogen and oxygen atoms in total. The average Bonchev–Trinajstić information content (AvgIpc) is 2.19. The molecule has 0 aromatic heterocycles. The van der Waals surface area contributed by atoms with Crippen LogP contribution in [0.4, 0.5) is 13.2 Å². The summed E-state index contributed by atoms with van der Waals surface area (Å²) in [5, 5.41) is 2.60. The van der Waals surface area contributed by atoms with Gasteiger partial charge in [0.25, 0.3) is 0 Å². The molecule has 0 saturated heterocycles. The highest BCUT2D eigenvalue weighted by Gasteiger charge is 2.28. The third-order valence-electron chi connectivity index (χ3n) is 2.66. The van der Waals surface area contributed by atoms with E-state index in [9.17, 15) is 18.0 Å². The molecular weight excluding hydrogens is 237 g/mol. The second-order valence-corrected chi connectivity index (χ2v) is 4.23. The Kier molecular flexibility index (Phi) is 5.20. The van der Waals surface area contributed by atoms with E-state index >= 15 is 0 Å². The topological polar surface area (TPSA) is 64.3 Å². The second-order valence-electron chi connectivity index (χ2n) is 4.23. The van der Waals surface area contributed by atoms with Crippen LogP contribution in [-0.2, 0) is 9.53 Å². The third-order valence-corrected chi connectivity index (χ3v) is 2.66. The van der Waals surface area contributed by atoms with E-state index in [1.54, 1.807) is 0 Å². The van der Waals surface area contributed by atoms with Crippen molar-refractivity contribution in [1.82, 2.24) is 5.32 Å². The summed E-state index contributed by atoms with van der Waals surface area (Å²) in [6, 6.07) is -0.263. The van der Waals surface area contributed by atoms with Gasteiger partial charge in [0.05, 0.1) is 0 Å². The zero-order chi connectivity index (χ0) is 12.9. The number of hydrogen-bond donors (Lipinski definition) is 2. The van der Waals surface area contributed by atoms with Gasteiger partial charge in [-0.25, -0.2) is 0 Å². The van der Waals surface area contributed by atoms with Gasteiger partial charge < -0.3 is 15.8 Å². The molecule has 0 aromatic carbocycles. The number of alkyl halides is 3. The molecule has 7 heteroatoms. The molecule has 1 amide bonds. The van der Waals surface area contributed by atoms with Gasteiger partial charge in [0.2, 0.25) is 5.91 Å². The molecule has 100 valence electrons. The quantitative estimate of drug-likeness (QED) is 0.785. The Bertz CT molecular complexity index is 258. The maximum atomic E-state index is 11.7. The van der Waals surface area contributed by atoms with Crippen molar-refractivity contribution in [2.24, 2.45) is 5.73 Å². The van der Waals surface area contributed by atoms with Gasteiger partial charge in [-0.15, -0.1) is 0 Å². The van der Waals surface area contributed by atoms with E-state index < -0.39 is 25.3 Å². The summed E-state index contributed by atoms with van der Waals surface area (Å²) in [7, 11) is 0. The predicted molar refractivity (Wildman–Crippen MR) is 55.2 cm³/mol. The molecule has 0 unspecified atom stereocenters. The highest BCUT2D eigenvalue weighted by Crippen LogP contribution is 2.17.